The molecule has 8 heteroatoms. The SMILES string of the molecule is O=C(Nc1ccc(N2CCN(C(=O)c3ccco3)CC2)c(C(=O)N2CCCCC2)c1)C1CCCC1. The molecule has 35 heavy (non-hydrogen) atoms. The maximum absolute atomic E-state index is 13.6. The van der Waals surface area contributed by atoms with Crippen LogP contribution in [0.2, 0.25) is 0 Å². The molecule has 3 fully saturated rings. The van der Waals surface area contributed by atoms with E-state index in [0.717, 1.165) is 63.7 Å². The standard InChI is InChI=1S/C27H34N4O4/c32-25(20-7-2-3-8-20)28-21-10-11-23(22(19-21)26(33)30-12-4-1-5-13-30)29-14-16-31(17-15-29)27(34)24-9-6-18-35-24/h6,9-11,18-20H,1-5,7-8,12-17H2,(H,28,32). The first-order valence-corrected chi connectivity index (χ1v) is 12.9. The lowest BCUT2D eigenvalue weighted by Gasteiger charge is -2.37. The molecular weight excluding hydrogens is 444 g/mol. The van der Waals surface area contributed by atoms with Crippen LogP contribution in [0.5, 0.6) is 0 Å². The van der Waals surface area contributed by atoms with Crippen LogP contribution >= 0.6 is 0 Å². The number of piperazine rings is 1. The Bertz CT molecular complexity index is 1050. The average Bonchev–Trinajstić information content (AvgIpc) is 3.64. The first-order chi connectivity index (χ1) is 17.1. The van der Waals surface area contributed by atoms with Gasteiger partial charge in [-0.2, -0.15) is 0 Å². The van der Waals surface area contributed by atoms with E-state index < -0.39 is 0 Å². The highest BCUT2D eigenvalue weighted by molar-refractivity contribution is 6.02. The molecule has 1 aliphatic carbocycles. The minimum absolute atomic E-state index is 0.0192. The summed E-state index contributed by atoms with van der Waals surface area (Å²) >= 11 is 0. The van der Waals surface area contributed by atoms with Crippen LogP contribution in [0.3, 0.4) is 0 Å². The summed E-state index contributed by atoms with van der Waals surface area (Å²) < 4.78 is 5.27. The van der Waals surface area contributed by atoms with E-state index in [0.29, 0.717) is 43.2 Å². The van der Waals surface area contributed by atoms with Crippen molar-refractivity contribution in [3.63, 3.8) is 0 Å². The molecule has 0 unspecified atom stereocenters. The van der Waals surface area contributed by atoms with Crippen LogP contribution in [0.4, 0.5) is 11.4 Å². The summed E-state index contributed by atoms with van der Waals surface area (Å²) in [5, 5.41) is 3.06. The molecule has 3 heterocycles. The van der Waals surface area contributed by atoms with Gasteiger partial charge in [0, 0.05) is 56.6 Å². The van der Waals surface area contributed by atoms with E-state index in [2.05, 4.69) is 10.2 Å². The number of amides is 3. The van der Waals surface area contributed by atoms with Crippen LogP contribution < -0.4 is 10.2 Å². The third-order valence-corrected chi connectivity index (χ3v) is 7.50. The molecule has 0 radical (unpaired) electrons. The van der Waals surface area contributed by atoms with Gasteiger partial charge in [0.2, 0.25) is 5.91 Å². The van der Waals surface area contributed by atoms with Gasteiger partial charge in [-0.05, 0) is 62.4 Å². The van der Waals surface area contributed by atoms with E-state index in [9.17, 15) is 14.4 Å². The number of hydrogen-bond acceptors (Lipinski definition) is 5. The smallest absolute Gasteiger partial charge is 0.289 e. The molecule has 2 aromatic rings. The van der Waals surface area contributed by atoms with E-state index in [-0.39, 0.29) is 23.6 Å². The molecule has 1 aromatic heterocycles. The molecule has 0 atom stereocenters. The summed E-state index contributed by atoms with van der Waals surface area (Å²) in [7, 11) is 0. The van der Waals surface area contributed by atoms with Gasteiger partial charge in [0.05, 0.1) is 11.8 Å². The highest BCUT2D eigenvalue weighted by Gasteiger charge is 2.29. The molecule has 1 saturated carbocycles. The molecular formula is C27H34N4O4. The topological polar surface area (TPSA) is 86.1 Å². The second kappa shape index (κ2) is 10.5. The number of piperidine rings is 1. The third-order valence-electron chi connectivity index (χ3n) is 7.50. The number of carbonyl (C=O) groups excluding carboxylic acids is 3. The summed E-state index contributed by atoms with van der Waals surface area (Å²) in [6, 6.07) is 9.10. The van der Waals surface area contributed by atoms with E-state index in [1.54, 1.807) is 17.0 Å². The second-order valence-corrected chi connectivity index (χ2v) is 9.81. The minimum atomic E-state index is -0.107. The van der Waals surface area contributed by atoms with Crippen LogP contribution in [-0.4, -0.2) is 66.8 Å². The van der Waals surface area contributed by atoms with Crippen molar-refractivity contribution in [3.8, 4) is 0 Å². The molecule has 3 amide bonds. The van der Waals surface area contributed by atoms with Gasteiger partial charge in [-0.1, -0.05) is 12.8 Å². The van der Waals surface area contributed by atoms with Gasteiger partial charge in [0.1, 0.15) is 0 Å². The van der Waals surface area contributed by atoms with E-state index >= 15 is 0 Å². The van der Waals surface area contributed by atoms with Crippen molar-refractivity contribution in [1.29, 1.82) is 0 Å². The Morgan fingerprint density at radius 2 is 1.51 bits per heavy atom. The maximum Gasteiger partial charge on any atom is 0.289 e. The van der Waals surface area contributed by atoms with Crippen molar-refractivity contribution in [2.45, 2.75) is 44.9 Å². The molecule has 1 N–H and O–H groups in total. The number of rotatable bonds is 5. The van der Waals surface area contributed by atoms with E-state index in [1.807, 2.05) is 23.1 Å². The van der Waals surface area contributed by atoms with Crippen LogP contribution in [0.25, 0.3) is 0 Å². The average molecular weight is 479 g/mol. The molecule has 0 spiro atoms. The number of carbonyl (C=O) groups is 3. The predicted molar refractivity (Wildman–Crippen MR) is 134 cm³/mol. The van der Waals surface area contributed by atoms with Gasteiger partial charge in [-0.15, -0.1) is 0 Å². The molecule has 2 saturated heterocycles. The van der Waals surface area contributed by atoms with Gasteiger partial charge in [-0.3, -0.25) is 14.4 Å². The van der Waals surface area contributed by atoms with Crippen LogP contribution in [0.1, 0.15) is 65.9 Å². The van der Waals surface area contributed by atoms with Gasteiger partial charge in [-0.25, -0.2) is 0 Å². The number of benzene rings is 1. The Morgan fingerprint density at radius 1 is 0.800 bits per heavy atom. The summed E-state index contributed by atoms with van der Waals surface area (Å²) in [6.45, 7) is 3.89. The summed E-state index contributed by atoms with van der Waals surface area (Å²) in [6.07, 6.45) is 8.78. The zero-order chi connectivity index (χ0) is 24.2. The molecule has 186 valence electrons. The summed E-state index contributed by atoms with van der Waals surface area (Å²) in [5.74, 6) is 0.379. The highest BCUT2D eigenvalue weighted by atomic mass is 16.3. The number of nitrogens with one attached hydrogen (secondary N) is 1. The predicted octanol–water partition coefficient (Wildman–Crippen LogP) is 4.00. The number of furan rings is 1. The van der Waals surface area contributed by atoms with Crippen molar-refractivity contribution in [1.82, 2.24) is 9.80 Å². The van der Waals surface area contributed by atoms with Gasteiger partial charge in [0.25, 0.3) is 11.8 Å². The number of likely N-dealkylation sites (tertiary alicyclic amines) is 1. The first-order valence-electron chi connectivity index (χ1n) is 12.9. The lowest BCUT2D eigenvalue weighted by atomic mass is 10.0. The number of anilines is 2. The van der Waals surface area contributed by atoms with Crippen molar-refractivity contribution in [2.75, 3.05) is 49.5 Å². The zero-order valence-corrected chi connectivity index (χ0v) is 20.2. The fraction of sp³-hybridized carbons (Fsp3) is 0.519. The fourth-order valence-electron chi connectivity index (χ4n) is 5.47. The van der Waals surface area contributed by atoms with Crippen LogP contribution in [-0.2, 0) is 4.79 Å². The van der Waals surface area contributed by atoms with Gasteiger partial charge < -0.3 is 24.4 Å². The molecule has 5 rings (SSSR count). The third kappa shape index (κ3) is 5.21. The Labute approximate surface area is 206 Å². The summed E-state index contributed by atoms with van der Waals surface area (Å²) in [5.41, 5.74) is 2.17. The largest absolute Gasteiger partial charge is 0.459 e. The normalized spacial score (nSPS) is 19.1. The fourth-order valence-corrected chi connectivity index (χ4v) is 5.47. The second-order valence-electron chi connectivity index (χ2n) is 9.81. The summed E-state index contributed by atoms with van der Waals surface area (Å²) in [4.78, 5) is 44.9. The first kappa shape index (κ1) is 23.5. The maximum atomic E-state index is 13.6. The van der Waals surface area contributed by atoms with Gasteiger partial charge >= 0.3 is 0 Å². The molecule has 2 aliphatic heterocycles. The van der Waals surface area contributed by atoms with Crippen molar-refractivity contribution < 1.29 is 18.8 Å². The quantitative estimate of drug-likeness (QED) is 0.702. The van der Waals surface area contributed by atoms with E-state index in [4.69, 9.17) is 4.42 Å². The Balaban J connectivity index is 1.34. The minimum Gasteiger partial charge on any atom is -0.459 e. The van der Waals surface area contributed by atoms with Crippen LogP contribution in [0, 0.1) is 5.92 Å². The lowest BCUT2D eigenvalue weighted by molar-refractivity contribution is -0.119. The molecule has 0 bridgehead atoms. The number of nitrogens with zero attached hydrogens (tertiary/aromatic N) is 3. The Morgan fingerprint density at radius 3 is 2.20 bits per heavy atom. The Kier molecular flexibility index (Phi) is 7.06. The lowest BCUT2D eigenvalue weighted by Crippen LogP contribution is -2.49. The van der Waals surface area contributed by atoms with Gasteiger partial charge in [0.15, 0.2) is 5.76 Å². The Hall–Kier alpha value is -3.29. The molecule has 3 aliphatic rings. The number of hydrogen-bond donors (Lipinski definition) is 1. The molecule has 1 aromatic carbocycles. The molecule has 8 nitrogen and oxygen atoms in total. The van der Waals surface area contributed by atoms with Crippen LogP contribution in [0.15, 0.2) is 41.0 Å². The zero-order valence-electron chi connectivity index (χ0n) is 20.2. The monoisotopic (exact) mass is 478 g/mol. The van der Waals surface area contributed by atoms with E-state index in [1.165, 1.54) is 6.26 Å². The van der Waals surface area contributed by atoms with Crippen molar-refractivity contribution >= 4 is 29.1 Å². The highest BCUT2D eigenvalue weighted by Crippen LogP contribution is 2.30. The van der Waals surface area contributed by atoms with Crippen molar-refractivity contribution in [2.24, 2.45) is 5.92 Å². The van der Waals surface area contributed by atoms with Crippen molar-refractivity contribution in [3.05, 3.63) is 47.9 Å².